The Balaban J connectivity index is 1.96. The normalized spacial score (nSPS) is 31.7. The van der Waals surface area contributed by atoms with E-state index in [9.17, 15) is 0 Å². The molecule has 2 rings (SSSR count). The average molecular weight is 267 g/mol. The molecule has 0 aromatic carbocycles. The lowest BCUT2D eigenvalue weighted by Crippen LogP contribution is -2.58. The van der Waals surface area contributed by atoms with Crippen LogP contribution in [0.3, 0.4) is 0 Å². The van der Waals surface area contributed by atoms with Crippen molar-refractivity contribution in [3.05, 3.63) is 0 Å². The molecule has 2 fully saturated rings. The topological polar surface area (TPSA) is 32.5 Å². The Morgan fingerprint density at radius 3 is 2.16 bits per heavy atom. The van der Waals surface area contributed by atoms with Crippen LogP contribution in [0.5, 0.6) is 0 Å². The van der Waals surface area contributed by atoms with E-state index >= 15 is 0 Å². The molecular formula is C16H33N3. The Bertz CT molecular complexity index is 282. The number of nitrogens with zero attached hydrogens (tertiary/aromatic N) is 2. The Hall–Kier alpha value is -0.120. The molecule has 0 saturated carbocycles. The SMILES string of the molecule is CC(C)C1CCN(C2(CN)CCN(C(C)C)C2)CC1. The minimum atomic E-state index is 0.270. The number of nitrogens with two attached hydrogens (primary N) is 1. The van der Waals surface area contributed by atoms with Crippen molar-refractivity contribution in [1.82, 2.24) is 9.80 Å². The summed E-state index contributed by atoms with van der Waals surface area (Å²) in [5, 5.41) is 0. The molecule has 0 radical (unpaired) electrons. The highest BCUT2D eigenvalue weighted by Crippen LogP contribution is 2.33. The van der Waals surface area contributed by atoms with E-state index in [2.05, 4.69) is 37.5 Å². The van der Waals surface area contributed by atoms with Crippen molar-refractivity contribution in [2.24, 2.45) is 17.6 Å². The number of rotatable bonds is 4. The fraction of sp³-hybridized carbons (Fsp3) is 1.00. The molecule has 0 aromatic heterocycles. The average Bonchev–Trinajstić information content (AvgIpc) is 2.85. The van der Waals surface area contributed by atoms with Gasteiger partial charge >= 0.3 is 0 Å². The van der Waals surface area contributed by atoms with Crippen LogP contribution in [0.4, 0.5) is 0 Å². The summed E-state index contributed by atoms with van der Waals surface area (Å²) in [4.78, 5) is 5.32. The summed E-state index contributed by atoms with van der Waals surface area (Å²) < 4.78 is 0. The molecule has 2 N–H and O–H groups in total. The molecule has 3 heteroatoms. The number of likely N-dealkylation sites (tertiary alicyclic amines) is 2. The van der Waals surface area contributed by atoms with Crippen molar-refractivity contribution in [2.45, 2.75) is 58.5 Å². The lowest BCUT2D eigenvalue weighted by Gasteiger charge is -2.45. The molecular weight excluding hydrogens is 234 g/mol. The number of hydrogen-bond acceptors (Lipinski definition) is 3. The molecule has 2 heterocycles. The molecule has 0 amide bonds. The summed E-state index contributed by atoms with van der Waals surface area (Å²) in [6.07, 6.45) is 3.98. The van der Waals surface area contributed by atoms with Crippen molar-refractivity contribution >= 4 is 0 Å². The summed E-state index contributed by atoms with van der Waals surface area (Å²) in [6.45, 7) is 15.1. The third kappa shape index (κ3) is 3.14. The van der Waals surface area contributed by atoms with Crippen LogP contribution in [0.2, 0.25) is 0 Å². The van der Waals surface area contributed by atoms with Gasteiger partial charge in [-0.2, -0.15) is 0 Å². The van der Waals surface area contributed by atoms with Gasteiger partial charge in [-0.05, 0) is 58.0 Å². The zero-order valence-electron chi connectivity index (χ0n) is 13.4. The van der Waals surface area contributed by atoms with Crippen LogP contribution >= 0.6 is 0 Å². The standard InChI is InChI=1S/C16H33N3/c1-13(2)15-5-8-19(9-6-15)16(11-17)7-10-18(12-16)14(3)4/h13-15H,5-12,17H2,1-4H3. The second-order valence-electron chi connectivity index (χ2n) is 7.31. The molecule has 0 aromatic rings. The Kier molecular flexibility index (Phi) is 4.91. The first-order valence-corrected chi connectivity index (χ1v) is 8.17. The fourth-order valence-electron chi connectivity index (χ4n) is 3.92. The van der Waals surface area contributed by atoms with Crippen LogP contribution in [0, 0.1) is 11.8 Å². The predicted octanol–water partition coefficient (Wildman–Crippen LogP) is 2.17. The quantitative estimate of drug-likeness (QED) is 0.847. The van der Waals surface area contributed by atoms with Crippen LogP contribution in [0.1, 0.15) is 47.0 Å². The summed E-state index contributed by atoms with van der Waals surface area (Å²) in [6, 6.07) is 0.654. The monoisotopic (exact) mass is 267 g/mol. The lowest BCUT2D eigenvalue weighted by molar-refractivity contribution is 0.0483. The zero-order chi connectivity index (χ0) is 14.0. The molecule has 19 heavy (non-hydrogen) atoms. The maximum atomic E-state index is 6.19. The Morgan fingerprint density at radius 2 is 1.74 bits per heavy atom. The van der Waals surface area contributed by atoms with Crippen LogP contribution in [-0.2, 0) is 0 Å². The largest absolute Gasteiger partial charge is 0.329 e. The first kappa shape index (κ1) is 15.3. The van der Waals surface area contributed by atoms with E-state index in [1.54, 1.807) is 0 Å². The van der Waals surface area contributed by atoms with Gasteiger partial charge in [-0.3, -0.25) is 9.80 Å². The fourth-order valence-corrected chi connectivity index (χ4v) is 3.92. The molecule has 0 aliphatic carbocycles. The molecule has 1 unspecified atom stereocenters. The van der Waals surface area contributed by atoms with Crippen LogP contribution in [0.25, 0.3) is 0 Å². The maximum Gasteiger partial charge on any atom is 0.0470 e. The van der Waals surface area contributed by atoms with E-state index in [0.717, 1.165) is 18.4 Å². The van der Waals surface area contributed by atoms with E-state index in [-0.39, 0.29) is 5.54 Å². The molecule has 112 valence electrons. The van der Waals surface area contributed by atoms with E-state index in [1.165, 1.54) is 45.4 Å². The first-order chi connectivity index (χ1) is 8.98. The predicted molar refractivity (Wildman–Crippen MR) is 82.2 cm³/mol. The maximum absolute atomic E-state index is 6.19. The molecule has 2 aliphatic heterocycles. The summed E-state index contributed by atoms with van der Waals surface area (Å²) in [7, 11) is 0. The molecule has 1 atom stereocenters. The third-order valence-corrected chi connectivity index (χ3v) is 5.63. The second-order valence-corrected chi connectivity index (χ2v) is 7.31. The van der Waals surface area contributed by atoms with Gasteiger partial charge in [0.25, 0.3) is 0 Å². The molecule has 0 bridgehead atoms. The van der Waals surface area contributed by atoms with E-state index in [4.69, 9.17) is 5.73 Å². The minimum absolute atomic E-state index is 0.270. The Labute approximate surface area is 119 Å². The number of hydrogen-bond donors (Lipinski definition) is 1. The van der Waals surface area contributed by atoms with Gasteiger partial charge in [-0.15, -0.1) is 0 Å². The minimum Gasteiger partial charge on any atom is -0.329 e. The van der Waals surface area contributed by atoms with Crippen LogP contribution in [-0.4, -0.2) is 54.1 Å². The zero-order valence-corrected chi connectivity index (χ0v) is 13.4. The van der Waals surface area contributed by atoms with Gasteiger partial charge in [0.1, 0.15) is 0 Å². The van der Waals surface area contributed by atoms with Gasteiger partial charge in [-0.25, -0.2) is 0 Å². The van der Waals surface area contributed by atoms with Crippen molar-refractivity contribution in [1.29, 1.82) is 0 Å². The highest BCUT2D eigenvalue weighted by Gasteiger charge is 2.43. The van der Waals surface area contributed by atoms with E-state index in [1.807, 2.05) is 0 Å². The van der Waals surface area contributed by atoms with Gasteiger partial charge in [0.15, 0.2) is 0 Å². The van der Waals surface area contributed by atoms with Crippen molar-refractivity contribution in [3.63, 3.8) is 0 Å². The lowest BCUT2D eigenvalue weighted by atomic mass is 9.84. The molecule has 0 spiro atoms. The van der Waals surface area contributed by atoms with Gasteiger partial charge < -0.3 is 5.73 Å². The molecule has 2 saturated heterocycles. The van der Waals surface area contributed by atoms with Crippen molar-refractivity contribution < 1.29 is 0 Å². The highest BCUT2D eigenvalue weighted by molar-refractivity contribution is 5.01. The van der Waals surface area contributed by atoms with Crippen molar-refractivity contribution in [3.8, 4) is 0 Å². The van der Waals surface area contributed by atoms with Crippen LogP contribution < -0.4 is 5.73 Å². The number of piperidine rings is 1. The second kappa shape index (κ2) is 6.11. The Morgan fingerprint density at radius 1 is 1.11 bits per heavy atom. The summed E-state index contributed by atoms with van der Waals surface area (Å²) in [5.41, 5.74) is 6.46. The van der Waals surface area contributed by atoms with Gasteiger partial charge in [0, 0.05) is 31.2 Å². The van der Waals surface area contributed by atoms with Gasteiger partial charge in [-0.1, -0.05) is 13.8 Å². The smallest absolute Gasteiger partial charge is 0.0470 e. The summed E-state index contributed by atoms with van der Waals surface area (Å²) >= 11 is 0. The highest BCUT2D eigenvalue weighted by atomic mass is 15.3. The first-order valence-electron chi connectivity index (χ1n) is 8.17. The van der Waals surface area contributed by atoms with Crippen LogP contribution in [0.15, 0.2) is 0 Å². The molecule has 2 aliphatic rings. The van der Waals surface area contributed by atoms with E-state index < -0.39 is 0 Å². The van der Waals surface area contributed by atoms with Crippen molar-refractivity contribution in [2.75, 3.05) is 32.7 Å². The summed E-state index contributed by atoms with van der Waals surface area (Å²) in [5.74, 6) is 1.76. The van der Waals surface area contributed by atoms with Gasteiger partial charge in [0.05, 0.1) is 0 Å². The molecule has 3 nitrogen and oxygen atoms in total. The van der Waals surface area contributed by atoms with Gasteiger partial charge in [0.2, 0.25) is 0 Å². The van der Waals surface area contributed by atoms with E-state index in [0.29, 0.717) is 6.04 Å². The third-order valence-electron chi connectivity index (χ3n) is 5.63.